The Balaban J connectivity index is 1.19. The molecular weight excluding hydrogens is 766 g/mol. The second kappa shape index (κ2) is 21.1. The number of piperidine rings is 1. The topological polar surface area (TPSA) is 118 Å². The molecule has 6 rings (SSSR count). The van der Waals surface area contributed by atoms with Gasteiger partial charge in [-0.2, -0.15) is 5.26 Å². The molecule has 2 heterocycles. The molecule has 1 unspecified atom stereocenters. The van der Waals surface area contributed by atoms with Gasteiger partial charge >= 0.3 is 18.0 Å². The Kier molecular flexibility index (Phi) is 15.2. The van der Waals surface area contributed by atoms with E-state index in [0.717, 1.165) is 29.5 Å². The Labute approximate surface area is 351 Å². The van der Waals surface area contributed by atoms with Crippen molar-refractivity contribution in [2.75, 3.05) is 40.0 Å². The minimum absolute atomic E-state index is 0.000855. The maximum Gasteiger partial charge on any atom is 0.410 e. The van der Waals surface area contributed by atoms with Crippen LogP contribution in [-0.4, -0.2) is 67.8 Å². The van der Waals surface area contributed by atoms with E-state index in [1.54, 1.807) is 42.0 Å². The maximum atomic E-state index is 14.4. The smallest absolute Gasteiger partial charge is 0.410 e. The summed E-state index contributed by atoms with van der Waals surface area (Å²) in [5, 5.41) is 9.65. The quantitative estimate of drug-likeness (QED) is 0.0619. The van der Waals surface area contributed by atoms with E-state index in [9.17, 15) is 19.6 Å². The first kappa shape index (κ1) is 42.6. The zero-order chi connectivity index (χ0) is 41.6. The van der Waals surface area contributed by atoms with Gasteiger partial charge in [0.25, 0.3) is 0 Å². The lowest BCUT2D eigenvalue weighted by Gasteiger charge is -2.36. The molecule has 4 aromatic carbocycles. The SMILES string of the molecule is CC1=C(C(=O)OCCC(c2ccccc2)c2ccccc2)C(c2cccc(Cl)c2)C(C(=O)OCCC#N)=C(OCCC2CCN(C(=O)OCc3ccccc3)CC2)N1C. The summed E-state index contributed by atoms with van der Waals surface area (Å²) in [6, 6.07) is 38.8. The van der Waals surface area contributed by atoms with Crippen LogP contribution in [0.15, 0.2) is 138 Å². The van der Waals surface area contributed by atoms with Gasteiger partial charge in [-0.3, -0.25) is 0 Å². The molecule has 1 saturated heterocycles. The average Bonchev–Trinajstić information content (AvgIpc) is 3.26. The van der Waals surface area contributed by atoms with Crippen molar-refractivity contribution in [3.8, 4) is 6.07 Å². The molecule has 4 aromatic rings. The average molecular weight is 816 g/mol. The number of esters is 2. The van der Waals surface area contributed by atoms with Crippen molar-refractivity contribution in [1.82, 2.24) is 9.80 Å². The van der Waals surface area contributed by atoms with E-state index in [2.05, 4.69) is 24.3 Å². The molecule has 10 nitrogen and oxygen atoms in total. The third-order valence-electron chi connectivity index (χ3n) is 11.0. The fraction of sp³-hybridized carbons (Fsp3) is 0.333. The molecule has 0 aromatic heterocycles. The second-order valence-corrected chi connectivity index (χ2v) is 15.2. The van der Waals surface area contributed by atoms with E-state index in [0.29, 0.717) is 42.2 Å². The van der Waals surface area contributed by atoms with Gasteiger partial charge in [-0.05, 0) is 72.9 Å². The molecule has 59 heavy (non-hydrogen) atoms. The molecule has 0 N–H and O–H groups in total. The van der Waals surface area contributed by atoms with Crippen molar-refractivity contribution in [3.05, 3.63) is 165 Å². The largest absolute Gasteiger partial charge is 0.478 e. The molecule has 0 spiro atoms. The summed E-state index contributed by atoms with van der Waals surface area (Å²) in [6.07, 6.45) is 2.43. The molecule has 11 heteroatoms. The summed E-state index contributed by atoms with van der Waals surface area (Å²) >= 11 is 6.53. The van der Waals surface area contributed by atoms with Gasteiger partial charge in [0, 0.05) is 36.8 Å². The lowest BCUT2D eigenvalue weighted by atomic mass is 9.81. The number of halogens is 1. The van der Waals surface area contributed by atoms with E-state index in [4.69, 9.17) is 30.5 Å². The van der Waals surface area contributed by atoms with Gasteiger partial charge in [0.2, 0.25) is 5.88 Å². The number of likely N-dealkylation sites (tertiary alicyclic amines) is 1. The fourth-order valence-corrected chi connectivity index (χ4v) is 7.90. The Morgan fingerprint density at radius 2 is 1.39 bits per heavy atom. The molecule has 1 atom stereocenters. The molecule has 0 radical (unpaired) electrons. The van der Waals surface area contributed by atoms with Crippen LogP contribution in [0.25, 0.3) is 0 Å². The van der Waals surface area contributed by atoms with Crippen LogP contribution in [0.1, 0.15) is 73.1 Å². The predicted molar refractivity (Wildman–Crippen MR) is 225 cm³/mol. The van der Waals surface area contributed by atoms with Crippen molar-refractivity contribution in [1.29, 1.82) is 5.26 Å². The molecule has 0 aliphatic carbocycles. The number of amides is 1. The van der Waals surface area contributed by atoms with Crippen LogP contribution in [0.2, 0.25) is 5.02 Å². The van der Waals surface area contributed by atoms with Crippen molar-refractivity contribution in [2.45, 2.75) is 57.5 Å². The normalized spacial score (nSPS) is 15.8. The molecular formula is C48H50ClN3O7. The monoisotopic (exact) mass is 815 g/mol. The number of carbonyl (C=O) groups is 3. The van der Waals surface area contributed by atoms with E-state index in [-0.39, 0.29) is 67.8 Å². The molecule has 1 amide bonds. The standard InChI is InChI=1S/C48H50ClN3O7/c1-34-42(46(53)58-31-25-41(37-16-8-4-9-17-37)38-18-10-5-11-19-38)43(39-20-12-21-40(49)32-39)44(47(54)57-29-13-26-50)45(51(34)2)56-30-24-35-22-27-52(28-23-35)48(55)59-33-36-14-6-3-7-15-36/h3-12,14-21,32,35,41,43H,13,22-25,27-31,33H2,1-2H3. The first-order chi connectivity index (χ1) is 28.7. The Morgan fingerprint density at radius 1 is 0.780 bits per heavy atom. The van der Waals surface area contributed by atoms with Gasteiger partial charge in [0.15, 0.2) is 0 Å². The third kappa shape index (κ3) is 11.1. The molecule has 0 saturated carbocycles. The Hall–Kier alpha value is -6.05. The zero-order valence-electron chi connectivity index (χ0n) is 33.6. The fourth-order valence-electron chi connectivity index (χ4n) is 7.70. The summed E-state index contributed by atoms with van der Waals surface area (Å²) in [5.74, 6) is -1.71. The van der Waals surface area contributed by atoms with Crippen molar-refractivity contribution in [3.63, 3.8) is 0 Å². The van der Waals surface area contributed by atoms with E-state index in [1.165, 1.54) is 0 Å². The number of benzene rings is 4. The molecule has 1 fully saturated rings. The lowest BCUT2D eigenvalue weighted by Crippen LogP contribution is -2.39. The summed E-state index contributed by atoms with van der Waals surface area (Å²) in [4.78, 5) is 44.7. The number of ether oxygens (including phenoxy) is 4. The van der Waals surface area contributed by atoms with E-state index >= 15 is 0 Å². The van der Waals surface area contributed by atoms with E-state index in [1.807, 2.05) is 78.9 Å². The van der Waals surface area contributed by atoms with Gasteiger partial charge in [-0.25, -0.2) is 14.4 Å². The predicted octanol–water partition coefficient (Wildman–Crippen LogP) is 9.53. The summed E-state index contributed by atoms with van der Waals surface area (Å²) in [7, 11) is 1.75. The molecule has 0 bridgehead atoms. The summed E-state index contributed by atoms with van der Waals surface area (Å²) in [5.41, 5.74) is 4.67. The van der Waals surface area contributed by atoms with Crippen LogP contribution in [-0.2, 0) is 35.1 Å². The van der Waals surface area contributed by atoms with Crippen LogP contribution < -0.4 is 0 Å². The Morgan fingerprint density at radius 3 is 2.02 bits per heavy atom. The number of rotatable bonds is 16. The first-order valence-corrected chi connectivity index (χ1v) is 20.5. The van der Waals surface area contributed by atoms with Crippen LogP contribution in [0.3, 0.4) is 0 Å². The van der Waals surface area contributed by atoms with Crippen molar-refractivity contribution in [2.24, 2.45) is 5.92 Å². The van der Waals surface area contributed by atoms with Crippen molar-refractivity contribution < 1.29 is 33.3 Å². The van der Waals surface area contributed by atoms with Gasteiger partial charge in [0.05, 0.1) is 37.2 Å². The maximum absolute atomic E-state index is 14.4. The Bertz CT molecular complexity index is 2110. The number of nitriles is 1. The lowest BCUT2D eigenvalue weighted by molar-refractivity contribution is -0.140. The number of hydrogen-bond acceptors (Lipinski definition) is 9. The molecule has 2 aliphatic heterocycles. The van der Waals surface area contributed by atoms with Crippen LogP contribution >= 0.6 is 11.6 Å². The van der Waals surface area contributed by atoms with Gasteiger partial charge in [0.1, 0.15) is 18.8 Å². The van der Waals surface area contributed by atoms with Crippen molar-refractivity contribution >= 4 is 29.6 Å². The van der Waals surface area contributed by atoms with E-state index < -0.39 is 17.9 Å². The highest BCUT2D eigenvalue weighted by atomic mass is 35.5. The molecule has 306 valence electrons. The van der Waals surface area contributed by atoms with Crippen LogP contribution in [0.5, 0.6) is 0 Å². The second-order valence-electron chi connectivity index (χ2n) is 14.7. The van der Waals surface area contributed by atoms with Gasteiger partial charge in [-0.1, -0.05) is 115 Å². The highest BCUT2D eigenvalue weighted by Crippen LogP contribution is 2.44. The number of nitrogens with zero attached hydrogens (tertiary/aromatic N) is 3. The minimum atomic E-state index is -0.939. The highest BCUT2D eigenvalue weighted by Gasteiger charge is 2.42. The van der Waals surface area contributed by atoms with Gasteiger partial charge < -0.3 is 28.7 Å². The number of carbonyl (C=O) groups excluding carboxylic acids is 3. The number of allylic oxidation sites excluding steroid dienone is 1. The van der Waals surface area contributed by atoms with Crippen LogP contribution in [0, 0.1) is 17.2 Å². The minimum Gasteiger partial charge on any atom is -0.478 e. The first-order valence-electron chi connectivity index (χ1n) is 20.1. The number of hydrogen-bond donors (Lipinski definition) is 0. The summed E-state index contributed by atoms with van der Waals surface area (Å²) < 4.78 is 23.8. The zero-order valence-corrected chi connectivity index (χ0v) is 34.3. The van der Waals surface area contributed by atoms with Crippen LogP contribution in [0.4, 0.5) is 4.79 Å². The highest BCUT2D eigenvalue weighted by molar-refractivity contribution is 6.30. The third-order valence-corrected chi connectivity index (χ3v) is 11.2. The summed E-state index contributed by atoms with van der Waals surface area (Å²) in [6.45, 7) is 3.43. The molecule has 2 aliphatic rings. The van der Waals surface area contributed by atoms with Gasteiger partial charge in [-0.15, -0.1) is 0 Å².